The van der Waals surface area contributed by atoms with Crippen LogP contribution in [0.1, 0.15) is 54.6 Å². The fourth-order valence-corrected chi connectivity index (χ4v) is 4.21. The van der Waals surface area contributed by atoms with Gasteiger partial charge in [-0.1, -0.05) is 6.92 Å². The summed E-state index contributed by atoms with van der Waals surface area (Å²) in [7, 11) is -2.99. The largest absolute Gasteiger partial charge is 0.309 e. The highest BCUT2D eigenvalue weighted by Gasteiger charge is 2.30. The third-order valence-electron chi connectivity index (χ3n) is 3.35. The number of hydrogen-bond donors (Lipinski definition) is 1. The van der Waals surface area contributed by atoms with Gasteiger partial charge in [0.15, 0.2) is 9.84 Å². The predicted octanol–water partition coefficient (Wildman–Crippen LogP) is 2.45. The van der Waals surface area contributed by atoms with E-state index in [0.717, 1.165) is 23.7 Å². The lowest BCUT2D eigenvalue weighted by atomic mass is 10.2. The lowest BCUT2D eigenvalue weighted by Crippen LogP contribution is -2.24. The van der Waals surface area contributed by atoms with Gasteiger partial charge >= 0.3 is 0 Å². The normalized spacial score (nSPS) is 17.6. The van der Waals surface area contributed by atoms with Gasteiger partial charge in [-0.05, 0) is 26.2 Å². The molecular weight excluding hydrogens is 280 g/mol. The van der Waals surface area contributed by atoms with Gasteiger partial charge in [0.05, 0.1) is 5.69 Å². The Bertz CT molecular complexity index is 533. The molecular formula is C13H22N2O2S2. The minimum Gasteiger partial charge on any atom is -0.309 e. The van der Waals surface area contributed by atoms with E-state index in [1.807, 2.05) is 0 Å². The molecule has 1 saturated carbocycles. The minimum absolute atomic E-state index is 0.0702. The molecule has 0 saturated heterocycles. The summed E-state index contributed by atoms with van der Waals surface area (Å²) < 4.78 is 22.7. The summed E-state index contributed by atoms with van der Waals surface area (Å²) >= 11 is 1.55. The fourth-order valence-electron chi connectivity index (χ4n) is 1.91. The van der Waals surface area contributed by atoms with Crippen LogP contribution in [0.3, 0.4) is 0 Å². The van der Waals surface area contributed by atoms with Crippen LogP contribution in [0.25, 0.3) is 0 Å². The zero-order chi connectivity index (χ0) is 14.0. The highest BCUT2D eigenvalue weighted by Crippen LogP contribution is 2.42. The molecule has 1 heterocycles. The molecule has 1 aromatic rings. The number of rotatable bonds is 7. The van der Waals surface area contributed by atoms with Gasteiger partial charge in [-0.15, -0.1) is 11.3 Å². The second kappa shape index (κ2) is 5.89. The third-order valence-corrected chi connectivity index (χ3v) is 5.40. The maximum atomic E-state index is 11.4. The van der Waals surface area contributed by atoms with E-state index in [4.69, 9.17) is 0 Å². The second-order valence-corrected chi connectivity index (χ2v) is 8.76. The molecule has 0 radical (unpaired) electrons. The zero-order valence-electron chi connectivity index (χ0n) is 11.8. The highest BCUT2D eigenvalue weighted by molar-refractivity contribution is 7.90. The van der Waals surface area contributed by atoms with Crippen molar-refractivity contribution in [2.24, 2.45) is 0 Å². The lowest BCUT2D eigenvalue weighted by molar-refractivity contribution is 0.535. The van der Waals surface area contributed by atoms with Gasteiger partial charge in [0.2, 0.25) is 0 Å². The van der Waals surface area contributed by atoms with Crippen LogP contribution in [0.15, 0.2) is 0 Å². The van der Waals surface area contributed by atoms with Crippen molar-refractivity contribution < 1.29 is 8.42 Å². The van der Waals surface area contributed by atoms with Crippen LogP contribution in [0.4, 0.5) is 0 Å². The summed E-state index contributed by atoms with van der Waals surface area (Å²) in [5, 5.41) is 4.21. The first-order valence-corrected chi connectivity index (χ1v) is 9.66. The summed E-state index contributed by atoms with van der Waals surface area (Å²) in [6.07, 6.45) is 4.74. The predicted molar refractivity (Wildman–Crippen MR) is 79.2 cm³/mol. The number of hydrogen-bond acceptors (Lipinski definition) is 5. The fraction of sp³-hybridized carbons (Fsp3) is 0.769. The Hall–Kier alpha value is -0.460. The van der Waals surface area contributed by atoms with Gasteiger partial charge in [-0.25, -0.2) is 13.4 Å². The Morgan fingerprint density at radius 1 is 1.47 bits per heavy atom. The first-order valence-electron chi connectivity index (χ1n) is 6.78. The Balaban J connectivity index is 2.11. The molecule has 6 heteroatoms. The molecule has 19 heavy (non-hydrogen) atoms. The molecule has 1 N–H and O–H groups in total. The van der Waals surface area contributed by atoms with Crippen molar-refractivity contribution in [3.8, 4) is 0 Å². The average Bonchev–Trinajstić information content (AvgIpc) is 3.07. The number of thiazole rings is 1. The van der Waals surface area contributed by atoms with Crippen molar-refractivity contribution in [1.82, 2.24) is 10.3 Å². The molecule has 108 valence electrons. The summed E-state index contributed by atoms with van der Waals surface area (Å²) in [5.74, 6) is 0.638. The molecule has 2 rings (SSSR count). The summed E-state index contributed by atoms with van der Waals surface area (Å²) in [6, 6.07) is 0.479. The van der Waals surface area contributed by atoms with Crippen LogP contribution < -0.4 is 5.32 Å². The smallest absolute Gasteiger partial charge is 0.153 e. The van der Waals surface area contributed by atoms with Crippen LogP contribution in [0.2, 0.25) is 0 Å². The van der Waals surface area contributed by atoms with Crippen LogP contribution >= 0.6 is 11.3 Å². The molecule has 1 fully saturated rings. The van der Waals surface area contributed by atoms with Gasteiger partial charge in [0, 0.05) is 29.6 Å². The molecule has 0 aliphatic heterocycles. The summed E-state index contributed by atoms with van der Waals surface area (Å²) in [4.78, 5) is 5.78. The quantitative estimate of drug-likeness (QED) is 0.840. The van der Waals surface area contributed by atoms with Crippen molar-refractivity contribution in [2.75, 3.05) is 6.26 Å². The molecule has 4 nitrogen and oxygen atoms in total. The van der Waals surface area contributed by atoms with E-state index in [1.54, 1.807) is 11.3 Å². The highest BCUT2D eigenvalue weighted by atomic mass is 32.2. The molecule has 1 aliphatic rings. The second-order valence-electron chi connectivity index (χ2n) is 5.45. The number of nitrogens with zero attached hydrogens (tertiary/aromatic N) is 1. The standard InChI is InChI=1S/C13H22N2O2S2/c1-4-9(2)14-7-11-13(10-5-6-10)15-12(18-11)8-19(3,16)17/h9-10,14H,4-8H2,1-3H3. The molecule has 1 aromatic heterocycles. The first kappa shape index (κ1) is 14.9. The molecule has 0 aromatic carbocycles. The Morgan fingerprint density at radius 2 is 2.16 bits per heavy atom. The van der Waals surface area contributed by atoms with E-state index >= 15 is 0 Å². The number of nitrogens with one attached hydrogen (secondary N) is 1. The van der Waals surface area contributed by atoms with E-state index in [-0.39, 0.29) is 5.75 Å². The van der Waals surface area contributed by atoms with Gasteiger partial charge in [0.1, 0.15) is 10.8 Å². The number of aromatic nitrogens is 1. The SMILES string of the molecule is CCC(C)NCc1sc(CS(C)(=O)=O)nc1C1CC1. The van der Waals surface area contributed by atoms with E-state index in [2.05, 4.69) is 24.1 Å². The van der Waals surface area contributed by atoms with Crippen LogP contribution in [0.5, 0.6) is 0 Å². The van der Waals surface area contributed by atoms with Crippen LogP contribution in [-0.2, 0) is 22.1 Å². The monoisotopic (exact) mass is 302 g/mol. The van der Waals surface area contributed by atoms with Crippen LogP contribution in [-0.4, -0.2) is 25.7 Å². The average molecular weight is 302 g/mol. The topological polar surface area (TPSA) is 59.1 Å². The van der Waals surface area contributed by atoms with Crippen molar-refractivity contribution >= 4 is 21.2 Å². The molecule has 1 unspecified atom stereocenters. The van der Waals surface area contributed by atoms with E-state index in [1.165, 1.54) is 24.0 Å². The van der Waals surface area contributed by atoms with Crippen molar-refractivity contribution in [3.05, 3.63) is 15.6 Å². The van der Waals surface area contributed by atoms with E-state index in [9.17, 15) is 8.42 Å². The maximum absolute atomic E-state index is 11.4. The molecule has 0 amide bonds. The maximum Gasteiger partial charge on any atom is 0.153 e. The lowest BCUT2D eigenvalue weighted by Gasteiger charge is -2.10. The molecule has 1 aliphatic carbocycles. The third kappa shape index (κ3) is 4.54. The first-order chi connectivity index (χ1) is 8.89. The van der Waals surface area contributed by atoms with Gasteiger partial charge in [0.25, 0.3) is 0 Å². The van der Waals surface area contributed by atoms with Gasteiger partial charge in [-0.3, -0.25) is 0 Å². The van der Waals surface area contributed by atoms with Gasteiger partial charge < -0.3 is 5.32 Å². The van der Waals surface area contributed by atoms with E-state index in [0.29, 0.717) is 12.0 Å². The molecule has 1 atom stereocenters. The molecule has 0 spiro atoms. The van der Waals surface area contributed by atoms with Crippen molar-refractivity contribution in [3.63, 3.8) is 0 Å². The Labute approximate surface area is 119 Å². The zero-order valence-corrected chi connectivity index (χ0v) is 13.4. The van der Waals surface area contributed by atoms with Crippen LogP contribution in [0, 0.1) is 0 Å². The number of sulfone groups is 1. The summed E-state index contributed by atoms with van der Waals surface area (Å²) in [6.45, 7) is 5.12. The van der Waals surface area contributed by atoms with Crippen molar-refractivity contribution in [1.29, 1.82) is 0 Å². The van der Waals surface area contributed by atoms with Gasteiger partial charge in [-0.2, -0.15) is 0 Å². The summed E-state index contributed by atoms with van der Waals surface area (Å²) in [5.41, 5.74) is 1.14. The Kier molecular flexibility index (Phi) is 4.63. The van der Waals surface area contributed by atoms with E-state index < -0.39 is 9.84 Å². The Morgan fingerprint density at radius 3 is 2.68 bits per heavy atom. The van der Waals surface area contributed by atoms with Crippen molar-refractivity contribution in [2.45, 2.75) is 57.4 Å². The minimum atomic E-state index is -2.99. The molecule has 0 bridgehead atoms.